The highest BCUT2D eigenvalue weighted by atomic mass is 17.2. The molecule has 0 aliphatic carbocycles. The van der Waals surface area contributed by atoms with E-state index in [1.807, 2.05) is 52.0 Å². The number of anilines is 2. The van der Waals surface area contributed by atoms with Crippen molar-refractivity contribution in [2.45, 2.75) is 41.5 Å². The molecule has 274 valence electrons. The fourth-order valence-corrected chi connectivity index (χ4v) is 5.26. The minimum absolute atomic E-state index is 0.0376. The second-order valence-electron chi connectivity index (χ2n) is 10.8. The number of aliphatic imine (C=N–C) groups is 2. The fraction of sp³-hybridized carbons (Fsp3) is 0.297. The SMILES string of the molecule is CC.CCN(CC)c1ccc(C=Nc2cc([N+](=O)[O-])ccc2ON2Oc3cc(N(CC)CC)ccc3C=Nc3cc([N+](=O)[O-])ccc3O2)c(OC)c1. The number of nitro benzene ring substituents is 2. The lowest BCUT2D eigenvalue weighted by Crippen LogP contribution is -2.35. The van der Waals surface area contributed by atoms with Crippen LogP contribution in [0.5, 0.6) is 23.0 Å². The highest BCUT2D eigenvalue weighted by Gasteiger charge is 2.24. The van der Waals surface area contributed by atoms with Crippen LogP contribution in [0, 0.1) is 20.2 Å². The topological polar surface area (TPSA) is 158 Å². The van der Waals surface area contributed by atoms with Gasteiger partial charge in [0.25, 0.3) is 11.4 Å². The maximum Gasteiger partial charge on any atom is 0.271 e. The summed E-state index contributed by atoms with van der Waals surface area (Å²) in [4.78, 5) is 53.7. The summed E-state index contributed by atoms with van der Waals surface area (Å²) >= 11 is 0. The molecule has 1 aliphatic heterocycles. The zero-order chi connectivity index (χ0) is 37.8. The van der Waals surface area contributed by atoms with Crippen molar-refractivity contribution in [3.8, 4) is 23.0 Å². The van der Waals surface area contributed by atoms with E-state index < -0.39 is 9.85 Å². The van der Waals surface area contributed by atoms with Crippen molar-refractivity contribution in [3.63, 3.8) is 0 Å². The molecule has 0 fully saturated rings. The van der Waals surface area contributed by atoms with E-state index in [0.29, 0.717) is 28.0 Å². The standard InChI is InChI=1S/C35H37N7O8.C2H6/c1-6-38(7-2)26-12-10-24(34(20-26)47-5)22-36-30-18-28(40(43)44)14-16-32(30)48-42-49-33-17-15-29(41(45)46)19-31(33)37-23-25-11-13-27(21-35(25)50-42)39(8-3)9-4;1-2/h10-23H,6-9H2,1-5H3;1-2H3. The maximum absolute atomic E-state index is 11.8. The summed E-state index contributed by atoms with van der Waals surface area (Å²) in [6.07, 6.45) is 3.03. The van der Waals surface area contributed by atoms with Crippen LogP contribution in [0.1, 0.15) is 52.7 Å². The Morgan fingerprint density at radius 2 is 1.37 bits per heavy atom. The van der Waals surface area contributed by atoms with Gasteiger partial charge in [0.1, 0.15) is 17.1 Å². The van der Waals surface area contributed by atoms with E-state index in [-0.39, 0.29) is 34.2 Å². The van der Waals surface area contributed by atoms with Crippen LogP contribution in [0.4, 0.5) is 34.1 Å². The van der Waals surface area contributed by atoms with E-state index in [9.17, 15) is 20.2 Å². The van der Waals surface area contributed by atoms with Gasteiger partial charge in [0.2, 0.25) is 5.39 Å². The number of nitro groups is 2. The summed E-state index contributed by atoms with van der Waals surface area (Å²) in [7, 11) is 1.55. The molecule has 0 aromatic heterocycles. The van der Waals surface area contributed by atoms with E-state index in [2.05, 4.69) is 33.6 Å². The number of ether oxygens (including phenoxy) is 1. The van der Waals surface area contributed by atoms with Crippen molar-refractivity contribution >= 4 is 46.6 Å². The molecule has 0 saturated heterocycles. The number of methoxy groups -OCH3 is 1. The quantitative estimate of drug-likeness (QED) is 0.0742. The molecule has 0 saturated carbocycles. The van der Waals surface area contributed by atoms with Gasteiger partial charge < -0.3 is 29.0 Å². The van der Waals surface area contributed by atoms with Gasteiger partial charge in [0.15, 0.2) is 17.2 Å². The van der Waals surface area contributed by atoms with Gasteiger partial charge in [0.05, 0.1) is 17.0 Å². The van der Waals surface area contributed by atoms with Crippen molar-refractivity contribution in [1.82, 2.24) is 5.39 Å². The summed E-state index contributed by atoms with van der Waals surface area (Å²) in [6, 6.07) is 19.0. The van der Waals surface area contributed by atoms with Gasteiger partial charge in [-0.2, -0.15) is 0 Å². The Kier molecular flexibility index (Phi) is 13.5. The van der Waals surface area contributed by atoms with Gasteiger partial charge in [-0.15, -0.1) is 0 Å². The molecular weight excluding hydrogens is 670 g/mol. The Morgan fingerprint density at radius 3 is 2.00 bits per heavy atom. The first-order chi connectivity index (χ1) is 25.2. The van der Waals surface area contributed by atoms with E-state index in [0.717, 1.165) is 37.6 Å². The molecule has 52 heavy (non-hydrogen) atoms. The first-order valence-electron chi connectivity index (χ1n) is 17.0. The molecule has 1 aliphatic rings. The number of nitrogens with zero attached hydrogens (tertiary/aromatic N) is 7. The molecule has 5 rings (SSSR count). The molecule has 0 unspecified atom stereocenters. The van der Waals surface area contributed by atoms with Crippen LogP contribution < -0.4 is 29.0 Å². The van der Waals surface area contributed by atoms with E-state index >= 15 is 0 Å². The van der Waals surface area contributed by atoms with Crippen LogP contribution in [0.15, 0.2) is 82.8 Å². The Balaban J connectivity index is 0.00000297. The number of non-ortho nitro benzene ring substituents is 2. The summed E-state index contributed by atoms with van der Waals surface area (Å²) in [6.45, 7) is 15.3. The average molecular weight is 714 g/mol. The minimum atomic E-state index is -0.541. The molecule has 0 amide bonds. The number of benzene rings is 4. The van der Waals surface area contributed by atoms with Crippen LogP contribution in [0.25, 0.3) is 0 Å². The number of rotatable bonds is 13. The normalized spacial score (nSPS) is 12.1. The monoisotopic (exact) mass is 713 g/mol. The molecule has 0 spiro atoms. The van der Waals surface area contributed by atoms with Crippen LogP contribution in [-0.4, -0.2) is 61.0 Å². The van der Waals surface area contributed by atoms with Gasteiger partial charge in [-0.05, 0) is 64.1 Å². The number of hydrogen-bond donors (Lipinski definition) is 0. The average Bonchev–Trinajstić information content (AvgIpc) is 3.23. The van der Waals surface area contributed by atoms with E-state index in [1.54, 1.807) is 19.2 Å². The van der Waals surface area contributed by atoms with Crippen molar-refractivity contribution in [2.75, 3.05) is 43.1 Å². The molecule has 15 nitrogen and oxygen atoms in total. The summed E-state index contributed by atoms with van der Waals surface area (Å²) in [5.41, 5.74) is 2.79. The minimum Gasteiger partial charge on any atom is -0.496 e. The lowest BCUT2D eigenvalue weighted by molar-refractivity contribution is -0.408. The predicted octanol–water partition coefficient (Wildman–Crippen LogP) is 8.63. The van der Waals surface area contributed by atoms with Crippen molar-refractivity contribution in [3.05, 3.63) is 104 Å². The molecule has 0 bridgehead atoms. The summed E-state index contributed by atoms with van der Waals surface area (Å²) in [5.74, 6) is 0.971. The van der Waals surface area contributed by atoms with Crippen molar-refractivity contribution in [1.29, 1.82) is 0 Å². The molecule has 0 radical (unpaired) electrons. The highest BCUT2D eigenvalue weighted by Crippen LogP contribution is 2.38. The van der Waals surface area contributed by atoms with Crippen LogP contribution in [0.2, 0.25) is 0 Å². The Hall–Kier alpha value is -6.22. The number of hydrogen-bond acceptors (Lipinski definition) is 13. The van der Waals surface area contributed by atoms with Crippen LogP contribution in [-0.2, 0) is 0 Å². The van der Waals surface area contributed by atoms with Gasteiger partial charge in [-0.1, -0.05) is 13.8 Å². The molecule has 0 N–H and O–H groups in total. The van der Waals surface area contributed by atoms with Gasteiger partial charge in [0, 0.05) is 97.5 Å². The molecule has 0 atom stereocenters. The summed E-state index contributed by atoms with van der Waals surface area (Å²) < 4.78 is 5.63. The van der Waals surface area contributed by atoms with E-state index in [4.69, 9.17) is 19.2 Å². The first-order valence-corrected chi connectivity index (χ1v) is 17.0. The zero-order valence-corrected chi connectivity index (χ0v) is 30.3. The van der Waals surface area contributed by atoms with Gasteiger partial charge in [-0.3, -0.25) is 30.2 Å². The second kappa shape index (κ2) is 18.1. The first kappa shape index (κ1) is 38.6. The van der Waals surface area contributed by atoms with Gasteiger partial charge >= 0.3 is 0 Å². The zero-order valence-electron chi connectivity index (χ0n) is 30.3. The molecule has 15 heteroatoms. The lowest BCUT2D eigenvalue weighted by Gasteiger charge is -2.24. The number of fused-ring (bicyclic) bond motifs is 2. The molecular formula is C37H43N7O8. The van der Waals surface area contributed by atoms with E-state index in [1.165, 1.54) is 48.8 Å². The fourth-order valence-electron chi connectivity index (χ4n) is 5.26. The Bertz CT molecular complexity index is 1930. The van der Waals surface area contributed by atoms with Crippen LogP contribution in [0.3, 0.4) is 0 Å². The molecule has 4 aromatic carbocycles. The van der Waals surface area contributed by atoms with Crippen molar-refractivity contribution in [2.24, 2.45) is 9.98 Å². The predicted molar refractivity (Wildman–Crippen MR) is 202 cm³/mol. The lowest BCUT2D eigenvalue weighted by atomic mass is 10.1. The summed E-state index contributed by atoms with van der Waals surface area (Å²) in [5, 5.41) is 24.0. The van der Waals surface area contributed by atoms with Gasteiger partial charge in [-0.25, -0.2) is 0 Å². The third kappa shape index (κ3) is 9.11. The Morgan fingerprint density at radius 1 is 0.769 bits per heavy atom. The highest BCUT2D eigenvalue weighted by molar-refractivity contribution is 5.88. The maximum atomic E-state index is 11.8. The van der Waals surface area contributed by atoms with Crippen molar-refractivity contribution < 1.29 is 29.1 Å². The second-order valence-corrected chi connectivity index (χ2v) is 10.8. The Labute approximate surface area is 302 Å². The smallest absolute Gasteiger partial charge is 0.271 e. The molecule has 4 aromatic rings. The molecule has 1 heterocycles. The third-order valence-electron chi connectivity index (χ3n) is 7.98. The largest absolute Gasteiger partial charge is 0.496 e. The van der Waals surface area contributed by atoms with Crippen LogP contribution >= 0.6 is 0 Å². The third-order valence-corrected chi connectivity index (χ3v) is 7.98.